The summed E-state index contributed by atoms with van der Waals surface area (Å²) in [5, 5.41) is 2.90. The maximum atomic E-state index is 13.1. The Kier molecular flexibility index (Phi) is 6.91. The van der Waals surface area contributed by atoms with Gasteiger partial charge in [-0.15, -0.1) is 0 Å². The zero-order valence-corrected chi connectivity index (χ0v) is 18.9. The third-order valence-electron chi connectivity index (χ3n) is 6.19. The van der Waals surface area contributed by atoms with Crippen LogP contribution in [0.4, 0.5) is 5.69 Å². The van der Waals surface area contributed by atoms with Crippen LogP contribution in [0.3, 0.4) is 0 Å². The number of para-hydroxylation sites is 1. The fourth-order valence-corrected chi connectivity index (χ4v) is 5.94. The molecule has 170 valence electrons. The number of nitrogens with zero attached hydrogens (tertiary/aromatic N) is 2. The third kappa shape index (κ3) is 4.86. The lowest BCUT2D eigenvalue weighted by molar-refractivity contribution is -0.120. The first kappa shape index (κ1) is 22.5. The largest absolute Gasteiger partial charge is 0.339 e. The van der Waals surface area contributed by atoms with E-state index in [1.807, 2.05) is 4.90 Å². The van der Waals surface area contributed by atoms with Crippen molar-refractivity contribution in [2.45, 2.75) is 37.0 Å². The van der Waals surface area contributed by atoms with Crippen LogP contribution in [0.15, 0.2) is 59.5 Å². The predicted octanol–water partition coefficient (Wildman–Crippen LogP) is 3.35. The van der Waals surface area contributed by atoms with Crippen molar-refractivity contribution in [3.63, 3.8) is 0 Å². The highest BCUT2D eigenvalue weighted by molar-refractivity contribution is 7.89. The van der Waals surface area contributed by atoms with Crippen molar-refractivity contribution in [2.24, 2.45) is 5.92 Å². The van der Waals surface area contributed by atoms with Gasteiger partial charge in [0.2, 0.25) is 15.9 Å². The average Bonchev–Trinajstić information content (AvgIpc) is 2.85. The van der Waals surface area contributed by atoms with Gasteiger partial charge in [-0.2, -0.15) is 4.31 Å². The minimum atomic E-state index is -3.64. The molecule has 0 radical (unpaired) electrons. The Morgan fingerprint density at radius 3 is 2.28 bits per heavy atom. The molecule has 0 aliphatic carbocycles. The Morgan fingerprint density at radius 2 is 1.53 bits per heavy atom. The van der Waals surface area contributed by atoms with Crippen molar-refractivity contribution in [1.29, 1.82) is 0 Å². The molecule has 1 atom stereocenters. The standard InChI is InChI=1S/C24H29N3O4S/c28-23(19-10-9-17-27(18-19)32(30,31)20-11-3-1-4-12-20)25-22-14-6-5-13-21(22)24(29)26-15-7-2-8-16-26/h1,3-6,11-14,19H,2,7-10,15-18H2,(H,25,28)/t19-/m0/s1. The summed E-state index contributed by atoms with van der Waals surface area (Å²) in [5.41, 5.74) is 0.962. The molecule has 0 spiro atoms. The number of rotatable bonds is 5. The number of hydrogen-bond donors (Lipinski definition) is 1. The van der Waals surface area contributed by atoms with Crippen LogP contribution in [0.5, 0.6) is 0 Å². The Balaban J connectivity index is 1.47. The van der Waals surface area contributed by atoms with Gasteiger partial charge in [-0.3, -0.25) is 9.59 Å². The van der Waals surface area contributed by atoms with E-state index >= 15 is 0 Å². The lowest BCUT2D eigenvalue weighted by Crippen LogP contribution is -2.43. The van der Waals surface area contributed by atoms with Gasteiger partial charge in [0.05, 0.1) is 22.1 Å². The normalized spacial score (nSPS) is 20.0. The number of carbonyl (C=O) groups excluding carboxylic acids is 2. The number of likely N-dealkylation sites (tertiary alicyclic amines) is 1. The van der Waals surface area contributed by atoms with E-state index in [-0.39, 0.29) is 23.3 Å². The van der Waals surface area contributed by atoms with Crippen molar-refractivity contribution in [3.8, 4) is 0 Å². The number of piperidine rings is 2. The molecule has 2 heterocycles. The second-order valence-corrected chi connectivity index (χ2v) is 10.3. The SMILES string of the molecule is O=C(Nc1ccccc1C(=O)N1CCCCC1)[C@H]1CCCN(S(=O)(=O)c2ccccc2)C1. The summed E-state index contributed by atoms with van der Waals surface area (Å²) in [4.78, 5) is 28.1. The van der Waals surface area contributed by atoms with E-state index in [1.54, 1.807) is 54.6 Å². The summed E-state index contributed by atoms with van der Waals surface area (Å²) >= 11 is 0. The fraction of sp³-hybridized carbons (Fsp3) is 0.417. The maximum absolute atomic E-state index is 13.1. The molecule has 2 aromatic carbocycles. The third-order valence-corrected chi connectivity index (χ3v) is 8.07. The molecule has 4 rings (SSSR count). The topological polar surface area (TPSA) is 86.8 Å². The molecule has 7 nitrogen and oxygen atoms in total. The van der Waals surface area contributed by atoms with E-state index in [2.05, 4.69) is 5.32 Å². The molecule has 0 unspecified atom stereocenters. The number of anilines is 1. The molecule has 1 N–H and O–H groups in total. The maximum Gasteiger partial charge on any atom is 0.255 e. The summed E-state index contributed by atoms with van der Waals surface area (Å²) in [6.45, 7) is 1.99. The van der Waals surface area contributed by atoms with E-state index in [0.29, 0.717) is 30.6 Å². The quantitative estimate of drug-likeness (QED) is 0.749. The smallest absolute Gasteiger partial charge is 0.255 e. The van der Waals surface area contributed by atoms with Gasteiger partial charge < -0.3 is 10.2 Å². The van der Waals surface area contributed by atoms with Crippen molar-refractivity contribution >= 4 is 27.5 Å². The molecule has 2 aromatic rings. The van der Waals surface area contributed by atoms with Crippen LogP contribution in [-0.2, 0) is 14.8 Å². The highest BCUT2D eigenvalue weighted by Crippen LogP contribution is 2.26. The molecule has 0 bridgehead atoms. The summed E-state index contributed by atoms with van der Waals surface area (Å²) in [6.07, 6.45) is 4.34. The van der Waals surface area contributed by atoms with Gasteiger partial charge in [-0.05, 0) is 56.4 Å². The van der Waals surface area contributed by atoms with Crippen LogP contribution < -0.4 is 5.32 Å². The molecule has 2 aliphatic heterocycles. The van der Waals surface area contributed by atoms with Crippen LogP contribution in [0, 0.1) is 5.92 Å². The van der Waals surface area contributed by atoms with Crippen molar-refractivity contribution < 1.29 is 18.0 Å². The van der Waals surface area contributed by atoms with Gasteiger partial charge in [-0.1, -0.05) is 30.3 Å². The molecule has 2 aliphatic rings. The van der Waals surface area contributed by atoms with Gasteiger partial charge in [0.25, 0.3) is 5.91 Å². The number of sulfonamides is 1. The van der Waals surface area contributed by atoms with E-state index in [9.17, 15) is 18.0 Å². The molecular formula is C24H29N3O4S. The molecule has 8 heteroatoms. The van der Waals surface area contributed by atoms with E-state index in [0.717, 1.165) is 32.4 Å². The molecule has 2 fully saturated rings. The second-order valence-electron chi connectivity index (χ2n) is 8.40. The highest BCUT2D eigenvalue weighted by atomic mass is 32.2. The van der Waals surface area contributed by atoms with E-state index < -0.39 is 15.9 Å². The predicted molar refractivity (Wildman–Crippen MR) is 123 cm³/mol. The van der Waals surface area contributed by atoms with Gasteiger partial charge in [0.15, 0.2) is 0 Å². The van der Waals surface area contributed by atoms with Gasteiger partial charge >= 0.3 is 0 Å². The zero-order chi connectivity index (χ0) is 22.6. The van der Waals surface area contributed by atoms with E-state index in [1.165, 1.54) is 4.31 Å². The monoisotopic (exact) mass is 455 g/mol. The Labute approximate surface area is 189 Å². The second kappa shape index (κ2) is 9.83. The molecule has 0 aromatic heterocycles. The Morgan fingerprint density at radius 1 is 0.844 bits per heavy atom. The first-order valence-electron chi connectivity index (χ1n) is 11.2. The first-order valence-corrected chi connectivity index (χ1v) is 12.7. The number of amides is 2. The van der Waals surface area contributed by atoms with Gasteiger partial charge in [0.1, 0.15) is 0 Å². The first-order chi connectivity index (χ1) is 15.5. The lowest BCUT2D eigenvalue weighted by atomic mass is 9.98. The number of carbonyl (C=O) groups is 2. The summed E-state index contributed by atoms with van der Waals surface area (Å²) in [7, 11) is -3.64. The van der Waals surface area contributed by atoms with Crippen molar-refractivity contribution in [2.75, 3.05) is 31.5 Å². The number of nitrogens with one attached hydrogen (secondary N) is 1. The number of benzene rings is 2. The summed E-state index contributed by atoms with van der Waals surface area (Å²) in [5.74, 6) is -0.797. The van der Waals surface area contributed by atoms with Gasteiger partial charge in [-0.25, -0.2) is 8.42 Å². The van der Waals surface area contributed by atoms with Gasteiger partial charge in [0, 0.05) is 26.2 Å². The molecule has 32 heavy (non-hydrogen) atoms. The molecule has 2 amide bonds. The van der Waals surface area contributed by atoms with Crippen molar-refractivity contribution in [1.82, 2.24) is 9.21 Å². The summed E-state index contributed by atoms with van der Waals surface area (Å²) in [6, 6.07) is 15.3. The zero-order valence-electron chi connectivity index (χ0n) is 18.1. The minimum absolute atomic E-state index is 0.0717. The van der Waals surface area contributed by atoms with Crippen LogP contribution in [0.2, 0.25) is 0 Å². The summed E-state index contributed by atoms with van der Waals surface area (Å²) < 4.78 is 27.3. The Hall–Kier alpha value is -2.71. The highest BCUT2D eigenvalue weighted by Gasteiger charge is 2.33. The number of hydrogen-bond acceptors (Lipinski definition) is 4. The molecule has 2 saturated heterocycles. The fourth-order valence-electron chi connectivity index (χ4n) is 4.40. The minimum Gasteiger partial charge on any atom is -0.339 e. The molecule has 0 saturated carbocycles. The molecular weight excluding hydrogens is 426 g/mol. The van der Waals surface area contributed by atoms with Crippen LogP contribution in [-0.4, -0.2) is 55.6 Å². The lowest BCUT2D eigenvalue weighted by Gasteiger charge is -2.31. The van der Waals surface area contributed by atoms with Crippen LogP contribution in [0.25, 0.3) is 0 Å². The Bertz CT molecular complexity index is 1070. The average molecular weight is 456 g/mol. The van der Waals surface area contributed by atoms with Crippen LogP contribution >= 0.6 is 0 Å². The van der Waals surface area contributed by atoms with E-state index in [4.69, 9.17) is 0 Å². The van der Waals surface area contributed by atoms with Crippen molar-refractivity contribution in [3.05, 3.63) is 60.2 Å². The van der Waals surface area contributed by atoms with Crippen LogP contribution in [0.1, 0.15) is 42.5 Å².